The third-order valence-electron chi connectivity index (χ3n) is 5.50. The highest BCUT2D eigenvalue weighted by Gasteiger charge is 2.39. The first-order chi connectivity index (χ1) is 10.6. The van der Waals surface area contributed by atoms with Gasteiger partial charge in [0.15, 0.2) is 0 Å². The standard InChI is InChI=1S/C16H27N3O3/c1-2-18(10-15(20)21)14-7-13(8-14)17-16(22)19-6-5-12(9-19)11-3-4-11/h11-14H,2-10H2,1H3,(H,17,22)(H,20,21). The second kappa shape index (κ2) is 6.44. The number of carboxylic acids is 1. The molecule has 0 spiro atoms. The number of hydrogen-bond acceptors (Lipinski definition) is 3. The maximum absolute atomic E-state index is 12.3. The highest BCUT2D eigenvalue weighted by molar-refractivity contribution is 5.75. The van der Waals surface area contributed by atoms with Crippen molar-refractivity contribution in [3.8, 4) is 0 Å². The van der Waals surface area contributed by atoms with Gasteiger partial charge in [0, 0.05) is 25.2 Å². The Kier molecular flexibility index (Phi) is 4.57. The summed E-state index contributed by atoms with van der Waals surface area (Å²) in [5.74, 6) is 0.823. The third-order valence-corrected chi connectivity index (χ3v) is 5.50. The minimum Gasteiger partial charge on any atom is -0.480 e. The number of rotatable bonds is 6. The van der Waals surface area contributed by atoms with Crippen LogP contribution in [0.5, 0.6) is 0 Å². The number of amides is 2. The van der Waals surface area contributed by atoms with Gasteiger partial charge in [-0.15, -0.1) is 0 Å². The Morgan fingerprint density at radius 3 is 2.55 bits per heavy atom. The molecule has 3 aliphatic rings. The summed E-state index contributed by atoms with van der Waals surface area (Å²) in [4.78, 5) is 27.0. The van der Waals surface area contributed by atoms with Gasteiger partial charge in [0.25, 0.3) is 0 Å². The molecule has 0 aromatic heterocycles. The van der Waals surface area contributed by atoms with Gasteiger partial charge in [0.2, 0.25) is 0 Å². The zero-order valence-corrected chi connectivity index (χ0v) is 13.3. The van der Waals surface area contributed by atoms with E-state index in [0.29, 0.717) is 6.04 Å². The lowest BCUT2D eigenvalue weighted by Gasteiger charge is -2.42. The van der Waals surface area contributed by atoms with Gasteiger partial charge in [0.1, 0.15) is 0 Å². The minimum absolute atomic E-state index is 0.0767. The molecule has 0 aromatic carbocycles. The first-order valence-corrected chi connectivity index (χ1v) is 8.58. The molecule has 1 heterocycles. The predicted molar refractivity (Wildman–Crippen MR) is 82.6 cm³/mol. The normalized spacial score (nSPS) is 31.2. The number of likely N-dealkylation sites (tertiary alicyclic amines) is 1. The smallest absolute Gasteiger partial charge is 0.317 e. The molecule has 22 heavy (non-hydrogen) atoms. The fourth-order valence-electron chi connectivity index (χ4n) is 3.87. The van der Waals surface area contributed by atoms with Gasteiger partial charge >= 0.3 is 12.0 Å². The molecule has 6 heteroatoms. The van der Waals surface area contributed by atoms with Crippen molar-refractivity contribution in [2.45, 2.75) is 51.1 Å². The van der Waals surface area contributed by atoms with Gasteiger partial charge in [0.05, 0.1) is 6.54 Å². The fourth-order valence-corrected chi connectivity index (χ4v) is 3.87. The lowest BCUT2D eigenvalue weighted by molar-refractivity contribution is -0.139. The molecule has 2 amide bonds. The summed E-state index contributed by atoms with van der Waals surface area (Å²) in [6.07, 6.45) is 5.59. The topological polar surface area (TPSA) is 72.9 Å². The van der Waals surface area contributed by atoms with Gasteiger partial charge in [-0.1, -0.05) is 6.92 Å². The lowest BCUT2D eigenvalue weighted by atomic mass is 9.85. The molecule has 3 rings (SSSR count). The largest absolute Gasteiger partial charge is 0.480 e. The number of carboxylic acid groups (broad SMARTS) is 1. The average molecular weight is 309 g/mol. The molecule has 6 nitrogen and oxygen atoms in total. The first kappa shape index (κ1) is 15.6. The lowest BCUT2D eigenvalue weighted by Crippen LogP contribution is -2.56. The zero-order valence-electron chi connectivity index (χ0n) is 13.3. The molecule has 2 saturated carbocycles. The van der Waals surface area contributed by atoms with E-state index in [0.717, 1.165) is 50.7 Å². The minimum atomic E-state index is -0.780. The van der Waals surface area contributed by atoms with Crippen LogP contribution < -0.4 is 5.32 Å². The molecule has 0 bridgehead atoms. The number of hydrogen-bond donors (Lipinski definition) is 2. The Bertz CT molecular complexity index is 432. The second-order valence-corrected chi connectivity index (χ2v) is 7.06. The summed E-state index contributed by atoms with van der Waals surface area (Å²) in [6.45, 7) is 4.64. The summed E-state index contributed by atoms with van der Waals surface area (Å²) in [7, 11) is 0. The van der Waals surface area contributed by atoms with E-state index in [-0.39, 0.29) is 18.6 Å². The van der Waals surface area contributed by atoms with Crippen molar-refractivity contribution < 1.29 is 14.7 Å². The summed E-state index contributed by atoms with van der Waals surface area (Å²) >= 11 is 0. The van der Waals surface area contributed by atoms with Crippen LogP contribution in [0.1, 0.15) is 39.0 Å². The molecular weight excluding hydrogens is 282 g/mol. The molecule has 1 saturated heterocycles. The predicted octanol–water partition coefficient (Wildman–Crippen LogP) is 1.37. The van der Waals surface area contributed by atoms with E-state index in [1.807, 2.05) is 16.7 Å². The number of nitrogens with one attached hydrogen (secondary N) is 1. The van der Waals surface area contributed by atoms with E-state index in [4.69, 9.17) is 5.11 Å². The van der Waals surface area contributed by atoms with Crippen molar-refractivity contribution >= 4 is 12.0 Å². The Labute approximate surface area is 131 Å². The Hall–Kier alpha value is -1.30. The molecule has 3 fully saturated rings. The number of carbonyl (C=O) groups excluding carboxylic acids is 1. The van der Waals surface area contributed by atoms with E-state index >= 15 is 0 Å². The van der Waals surface area contributed by atoms with Gasteiger partial charge in [-0.2, -0.15) is 0 Å². The van der Waals surface area contributed by atoms with Gasteiger partial charge < -0.3 is 15.3 Å². The van der Waals surface area contributed by atoms with Crippen LogP contribution in [0.2, 0.25) is 0 Å². The van der Waals surface area contributed by atoms with E-state index < -0.39 is 5.97 Å². The van der Waals surface area contributed by atoms with E-state index in [2.05, 4.69) is 5.32 Å². The molecule has 1 atom stereocenters. The van der Waals surface area contributed by atoms with Crippen molar-refractivity contribution in [3.05, 3.63) is 0 Å². The Balaban J connectivity index is 1.38. The molecule has 0 aromatic rings. The van der Waals surface area contributed by atoms with Crippen molar-refractivity contribution in [2.75, 3.05) is 26.2 Å². The number of aliphatic carboxylic acids is 1. The summed E-state index contributed by atoms with van der Waals surface area (Å²) < 4.78 is 0. The van der Waals surface area contributed by atoms with Crippen LogP contribution >= 0.6 is 0 Å². The van der Waals surface area contributed by atoms with E-state index in [1.165, 1.54) is 12.8 Å². The maximum Gasteiger partial charge on any atom is 0.317 e. The van der Waals surface area contributed by atoms with Crippen molar-refractivity contribution in [2.24, 2.45) is 11.8 Å². The van der Waals surface area contributed by atoms with E-state index in [1.54, 1.807) is 0 Å². The fraction of sp³-hybridized carbons (Fsp3) is 0.875. The molecule has 124 valence electrons. The van der Waals surface area contributed by atoms with Crippen LogP contribution in [-0.2, 0) is 4.79 Å². The highest BCUT2D eigenvalue weighted by Crippen LogP contribution is 2.41. The number of likely N-dealkylation sites (N-methyl/N-ethyl adjacent to an activating group) is 1. The summed E-state index contributed by atoms with van der Waals surface area (Å²) in [5, 5.41) is 12.0. The van der Waals surface area contributed by atoms with Crippen LogP contribution in [-0.4, -0.2) is 65.2 Å². The van der Waals surface area contributed by atoms with Crippen molar-refractivity contribution in [1.29, 1.82) is 0 Å². The molecule has 2 aliphatic carbocycles. The van der Waals surface area contributed by atoms with Crippen molar-refractivity contribution in [3.63, 3.8) is 0 Å². The maximum atomic E-state index is 12.3. The first-order valence-electron chi connectivity index (χ1n) is 8.58. The molecule has 1 unspecified atom stereocenters. The van der Waals surface area contributed by atoms with Gasteiger partial charge in [-0.25, -0.2) is 4.79 Å². The van der Waals surface area contributed by atoms with Crippen LogP contribution in [0.15, 0.2) is 0 Å². The third kappa shape index (κ3) is 3.54. The second-order valence-electron chi connectivity index (χ2n) is 7.06. The van der Waals surface area contributed by atoms with Crippen LogP contribution in [0.3, 0.4) is 0 Å². The SMILES string of the molecule is CCN(CC(=O)O)C1CC(NC(=O)N2CCC(C3CC3)C2)C1. The molecule has 2 N–H and O–H groups in total. The highest BCUT2D eigenvalue weighted by atomic mass is 16.4. The quantitative estimate of drug-likeness (QED) is 0.777. The summed E-state index contributed by atoms with van der Waals surface area (Å²) in [5.41, 5.74) is 0. The van der Waals surface area contributed by atoms with Crippen LogP contribution in [0, 0.1) is 11.8 Å². The van der Waals surface area contributed by atoms with Crippen LogP contribution in [0.25, 0.3) is 0 Å². The Morgan fingerprint density at radius 1 is 1.23 bits per heavy atom. The number of urea groups is 1. The Morgan fingerprint density at radius 2 is 1.95 bits per heavy atom. The molecular formula is C16H27N3O3. The summed E-state index contributed by atoms with van der Waals surface area (Å²) in [6, 6.07) is 0.581. The molecule has 1 aliphatic heterocycles. The van der Waals surface area contributed by atoms with Gasteiger partial charge in [-0.3, -0.25) is 9.69 Å². The number of nitrogens with zero attached hydrogens (tertiary/aromatic N) is 2. The average Bonchev–Trinajstić information content (AvgIpc) is 3.17. The van der Waals surface area contributed by atoms with Gasteiger partial charge in [-0.05, 0) is 50.5 Å². The van der Waals surface area contributed by atoms with Crippen LogP contribution in [0.4, 0.5) is 4.79 Å². The molecule has 0 radical (unpaired) electrons. The number of carbonyl (C=O) groups is 2. The van der Waals surface area contributed by atoms with Crippen molar-refractivity contribution in [1.82, 2.24) is 15.1 Å². The zero-order chi connectivity index (χ0) is 15.7. The monoisotopic (exact) mass is 309 g/mol. The van der Waals surface area contributed by atoms with E-state index in [9.17, 15) is 9.59 Å².